The fourth-order valence-corrected chi connectivity index (χ4v) is 6.85. The van der Waals surface area contributed by atoms with E-state index < -0.39 is 6.10 Å². The minimum Gasteiger partial charge on any atom is -0.462 e. The van der Waals surface area contributed by atoms with E-state index in [0.29, 0.717) is 19.3 Å². The molecule has 0 radical (unpaired) electrons. The highest BCUT2D eigenvalue weighted by atomic mass is 16.6. The lowest BCUT2D eigenvalue weighted by Crippen LogP contribution is -2.30. The summed E-state index contributed by atoms with van der Waals surface area (Å²) in [7, 11) is 0. The van der Waals surface area contributed by atoms with Gasteiger partial charge in [0, 0.05) is 19.3 Å². The van der Waals surface area contributed by atoms with Gasteiger partial charge in [0.1, 0.15) is 13.2 Å². The van der Waals surface area contributed by atoms with Crippen molar-refractivity contribution in [1.82, 2.24) is 0 Å². The first kappa shape index (κ1) is 50.4. The molecule has 52 heavy (non-hydrogen) atoms. The Labute approximate surface area is 323 Å². The Hall–Kier alpha value is -1.59. The van der Waals surface area contributed by atoms with Gasteiger partial charge < -0.3 is 14.2 Å². The molecule has 1 atom stereocenters. The average molecular weight is 737 g/mol. The first-order valence-corrected chi connectivity index (χ1v) is 23.0. The van der Waals surface area contributed by atoms with Crippen molar-refractivity contribution < 1.29 is 28.6 Å². The second kappa shape index (κ2) is 42.2. The van der Waals surface area contributed by atoms with Crippen LogP contribution in [0.5, 0.6) is 0 Å². The largest absolute Gasteiger partial charge is 0.462 e. The van der Waals surface area contributed by atoms with Crippen LogP contribution in [0.2, 0.25) is 0 Å². The summed E-state index contributed by atoms with van der Waals surface area (Å²) in [5.74, 6) is -0.852. The summed E-state index contributed by atoms with van der Waals surface area (Å²) in [6.07, 6.45) is 42.2. The van der Waals surface area contributed by atoms with Gasteiger partial charge in [-0.05, 0) is 19.3 Å². The second-order valence-electron chi connectivity index (χ2n) is 15.7. The Kier molecular flexibility index (Phi) is 40.9. The van der Waals surface area contributed by atoms with Crippen molar-refractivity contribution in [2.45, 2.75) is 264 Å². The molecule has 0 spiro atoms. The van der Waals surface area contributed by atoms with Gasteiger partial charge in [0.05, 0.1) is 0 Å². The SMILES string of the molecule is CCCCCCCCCCCCCCC(=O)OCC(COC(=O)CCCCCCCCCCCCC)OC(=O)CCCCCCCCCCCCC. The summed E-state index contributed by atoms with van der Waals surface area (Å²) < 4.78 is 16.7. The van der Waals surface area contributed by atoms with Gasteiger partial charge in [0.25, 0.3) is 0 Å². The van der Waals surface area contributed by atoms with E-state index in [1.165, 1.54) is 161 Å². The Morgan fingerprint density at radius 1 is 0.308 bits per heavy atom. The van der Waals surface area contributed by atoms with Crippen LogP contribution in [0.4, 0.5) is 0 Å². The fraction of sp³-hybridized carbons (Fsp3) is 0.935. The fourth-order valence-electron chi connectivity index (χ4n) is 6.85. The van der Waals surface area contributed by atoms with Crippen LogP contribution >= 0.6 is 0 Å². The van der Waals surface area contributed by atoms with Crippen LogP contribution in [0, 0.1) is 0 Å². The number of carbonyl (C=O) groups excluding carboxylic acids is 3. The zero-order valence-corrected chi connectivity index (χ0v) is 35.1. The van der Waals surface area contributed by atoms with Crippen molar-refractivity contribution in [3.8, 4) is 0 Å². The van der Waals surface area contributed by atoms with E-state index >= 15 is 0 Å². The van der Waals surface area contributed by atoms with Gasteiger partial charge >= 0.3 is 17.9 Å². The van der Waals surface area contributed by atoms with Crippen LogP contribution in [0.15, 0.2) is 0 Å². The third-order valence-electron chi connectivity index (χ3n) is 10.4. The Morgan fingerprint density at radius 2 is 0.519 bits per heavy atom. The van der Waals surface area contributed by atoms with E-state index in [0.717, 1.165) is 57.8 Å². The van der Waals surface area contributed by atoms with E-state index in [9.17, 15) is 14.4 Å². The van der Waals surface area contributed by atoms with Crippen LogP contribution in [-0.2, 0) is 28.6 Å². The maximum absolute atomic E-state index is 12.7. The van der Waals surface area contributed by atoms with Crippen molar-refractivity contribution >= 4 is 17.9 Å². The molecule has 308 valence electrons. The van der Waals surface area contributed by atoms with Crippen LogP contribution in [0.25, 0.3) is 0 Å². The predicted octanol–water partition coefficient (Wildman–Crippen LogP) is 14.5. The average Bonchev–Trinajstić information content (AvgIpc) is 3.14. The molecule has 0 saturated carbocycles. The zero-order chi connectivity index (χ0) is 38.0. The molecule has 0 saturated heterocycles. The van der Waals surface area contributed by atoms with Crippen molar-refractivity contribution in [1.29, 1.82) is 0 Å². The predicted molar refractivity (Wildman–Crippen MR) is 220 cm³/mol. The van der Waals surface area contributed by atoms with Crippen LogP contribution in [-0.4, -0.2) is 37.2 Å². The lowest BCUT2D eigenvalue weighted by molar-refractivity contribution is -0.167. The van der Waals surface area contributed by atoms with Gasteiger partial charge in [0.2, 0.25) is 0 Å². The Bertz CT molecular complexity index is 768. The number of esters is 3. The molecular weight excluding hydrogens is 648 g/mol. The van der Waals surface area contributed by atoms with Crippen molar-refractivity contribution in [3.63, 3.8) is 0 Å². The molecule has 0 aliphatic rings. The summed E-state index contributed by atoms with van der Waals surface area (Å²) in [6.45, 7) is 6.64. The Morgan fingerprint density at radius 3 is 0.769 bits per heavy atom. The van der Waals surface area contributed by atoms with Gasteiger partial charge in [-0.3, -0.25) is 14.4 Å². The maximum atomic E-state index is 12.7. The molecule has 0 aliphatic carbocycles. The van der Waals surface area contributed by atoms with E-state index in [4.69, 9.17) is 14.2 Å². The molecule has 0 N–H and O–H groups in total. The van der Waals surface area contributed by atoms with Gasteiger partial charge in [0.15, 0.2) is 6.10 Å². The van der Waals surface area contributed by atoms with Crippen LogP contribution in [0.1, 0.15) is 258 Å². The number of rotatable bonds is 42. The molecule has 0 amide bonds. The molecule has 0 bridgehead atoms. The number of ether oxygens (including phenoxy) is 3. The van der Waals surface area contributed by atoms with Crippen molar-refractivity contribution in [2.24, 2.45) is 0 Å². The monoisotopic (exact) mass is 737 g/mol. The van der Waals surface area contributed by atoms with E-state index in [2.05, 4.69) is 20.8 Å². The van der Waals surface area contributed by atoms with E-state index in [1.54, 1.807) is 0 Å². The summed E-state index contributed by atoms with van der Waals surface area (Å²) in [6, 6.07) is 0. The minimum absolute atomic E-state index is 0.0627. The molecule has 1 unspecified atom stereocenters. The highest BCUT2D eigenvalue weighted by Crippen LogP contribution is 2.16. The molecule has 6 nitrogen and oxygen atoms in total. The number of hydrogen-bond donors (Lipinski definition) is 0. The standard InChI is InChI=1S/C46H88O6/c1-4-7-10-13-16-19-22-25-27-30-33-36-39-45(48)51-42-43(52-46(49)40-37-34-31-28-24-21-18-15-12-9-6-3)41-50-44(47)38-35-32-29-26-23-20-17-14-11-8-5-2/h43H,4-42H2,1-3H3. The van der Waals surface area contributed by atoms with Gasteiger partial charge in [-0.15, -0.1) is 0 Å². The molecule has 0 aliphatic heterocycles. The van der Waals surface area contributed by atoms with Gasteiger partial charge in [-0.25, -0.2) is 0 Å². The molecule has 6 heteroatoms. The highest BCUT2D eigenvalue weighted by molar-refractivity contribution is 5.71. The molecule has 0 heterocycles. The summed E-state index contributed by atoms with van der Waals surface area (Å²) in [4.78, 5) is 37.7. The van der Waals surface area contributed by atoms with E-state index in [-0.39, 0.29) is 31.1 Å². The maximum Gasteiger partial charge on any atom is 0.306 e. The summed E-state index contributed by atoms with van der Waals surface area (Å²) in [5.41, 5.74) is 0. The lowest BCUT2D eigenvalue weighted by atomic mass is 10.0. The quantitative estimate of drug-likeness (QED) is 0.0353. The molecule has 0 fully saturated rings. The number of carbonyl (C=O) groups is 3. The first-order chi connectivity index (χ1) is 25.5. The third kappa shape index (κ3) is 39.6. The smallest absolute Gasteiger partial charge is 0.306 e. The Balaban J connectivity index is 4.32. The highest BCUT2D eigenvalue weighted by Gasteiger charge is 2.19. The molecule has 0 aromatic rings. The molecular formula is C46H88O6. The first-order valence-electron chi connectivity index (χ1n) is 23.0. The van der Waals surface area contributed by atoms with Gasteiger partial charge in [-0.2, -0.15) is 0 Å². The molecule has 0 rings (SSSR count). The van der Waals surface area contributed by atoms with Crippen molar-refractivity contribution in [3.05, 3.63) is 0 Å². The summed E-state index contributed by atoms with van der Waals surface area (Å²) >= 11 is 0. The topological polar surface area (TPSA) is 78.9 Å². The third-order valence-corrected chi connectivity index (χ3v) is 10.4. The number of hydrogen-bond acceptors (Lipinski definition) is 6. The minimum atomic E-state index is -0.757. The van der Waals surface area contributed by atoms with Gasteiger partial charge in [-0.1, -0.05) is 220 Å². The second-order valence-corrected chi connectivity index (χ2v) is 15.7. The zero-order valence-electron chi connectivity index (χ0n) is 35.1. The lowest BCUT2D eigenvalue weighted by Gasteiger charge is -2.18. The molecule has 0 aromatic carbocycles. The normalized spacial score (nSPS) is 11.8. The van der Waals surface area contributed by atoms with Crippen LogP contribution in [0.3, 0.4) is 0 Å². The van der Waals surface area contributed by atoms with E-state index in [1.807, 2.05) is 0 Å². The number of unbranched alkanes of at least 4 members (excludes halogenated alkanes) is 31. The summed E-state index contributed by atoms with van der Waals surface area (Å²) in [5, 5.41) is 0. The molecule has 0 aromatic heterocycles. The van der Waals surface area contributed by atoms with Crippen molar-refractivity contribution in [2.75, 3.05) is 13.2 Å². The van der Waals surface area contributed by atoms with Crippen LogP contribution < -0.4 is 0 Å².